The lowest BCUT2D eigenvalue weighted by molar-refractivity contribution is -0.143. The third-order valence-electron chi connectivity index (χ3n) is 4.52. The zero-order valence-corrected chi connectivity index (χ0v) is 15.4. The molecule has 1 aliphatic carbocycles. The molecule has 0 saturated carbocycles. The van der Waals surface area contributed by atoms with Crippen LogP contribution in [0.25, 0.3) is 0 Å². The maximum absolute atomic E-state index is 12.8. The number of hydrogen-bond acceptors (Lipinski definition) is 4. The van der Waals surface area contributed by atoms with E-state index in [2.05, 4.69) is 5.32 Å². The lowest BCUT2D eigenvalue weighted by atomic mass is 9.75. The largest absolute Gasteiger partial charge is 0.460 e. The van der Waals surface area contributed by atoms with E-state index in [0.29, 0.717) is 22.6 Å². The van der Waals surface area contributed by atoms with Crippen LogP contribution in [0.4, 0.5) is 0 Å². The van der Waals surface area contributed by atoms with Crippen LogP contribution in [0.15, 0.2) is 46.8 Å². The molecule has 5 heteroatoms. The third-order valence-corrected chi connectivity index (χ3v) is 4.76. The number of esters is 1. The van der Waals surface area contributed by atoms with Crippen LogP contribution in [0.3, 0.4) is 0 Å². The Balaban J connectivity index is 2.15. The molecule has 0 saturated heterocycles. The van der Waals surface area contributed by atoms with Crippen molar-refractivity contribution in [3.63, 3.8) is 0 Å². The molecule has 0 radical (unpaired) electrons. The average Bonchev–Trinajstić information content (AvgIpc) is 2.53. The maximum atomic E-state index is 12.8. The smallest absolute Gasteiger partial charge is 0.337 e. The minimum Gasteiger partial charge on any atom is -0.460 e. The Kier molecular flexibility index (Phi) is 5.00. The molecule has 1 aromatic rings. The Labute approximate surface area is 152 Å². The fourth-order valence-corrected chi connectivity index (χ4v) is 3.75. The Morgan fingerprint density at radius 3 is 2.76 bits per heavy atom. The predicted molar refractivity (Wildman–Crippen MR) is 97.1 cm³/mol. The van der Waals surface area contributed by atoms with E-state index in [9.17, 15) is 9.59 Å². The van der Waals surface area contributed by atoms with Gasteiger partial charge in [0, 0.05) is 34.3 Å². The molecule has 0 fully saturated rings. The van der Waals surface area contributed by atoms with Crippen LogP contribution in [0.5, 0.6) is 0 Å². The molecule has 1 atom stereocenters. The first-order valence-corrected chi connectivity index (χ1v) is 8.96. The van der Waals surface area contributed by atoms with Gasteiger partial charge in [0.1, 0.15) is 0 Å². The number of ketones is 1. The van der Waals surface area contributed by atoms with Crippen molar-refractivity contribution in [2.24, 2.45) is 0 Å². The second-order valence-corrected chi connectivity index (χ2v) is 7.21. The Morgan fingerprint density at radius 2 is 2.08 bits per heavy atom. The maximum Gasteiger partial charge on any atom is 0.337 e. The molecule has 25 heavy (non-hydrogen) atoms. The van der Waals surface area contributed by atoms with Gasteiger partial charge in [0.05, 0.1) is 11.7 Å². The van der Waals surface area contributed by atoms with E-state index in [1.807, 2.05) is 39.0 Å². The van der Waals surface area contributed by atoms with Crippen LogP contribution < -0.4 is 5.32 Å². The zero-order valence-electron chi connectivity index (χ0n) is 14.7. The van der Waals surface area contributed by atoms with E-state index in [0.717, 1.165) is 29.8 Å². The minimum absolute atomic E-state index is 0.0843. The number of nitrogens with one attached hydrogen (secondary N) is 1. The number of benzene rings is 1. The summed E-state index contributed by atoms with van der Waals surface area (Å²) in [5.74, 6) is -0.745. The molecule has 1 aromatic carbocycles. The highest BCUT2D eigenvalue weighted by atomic mass is 35.5. The SMILES string of the molecule is CC1=C(C(=O)OC(C)C)C(c2cccc(Cl)c2)C2=C(CCCC2=O)N1. The Bertz CT molecular complexity index is 792. The lowest BCUT2D eigenvalue weighted by Crippen LogP contribution is -2.34. The number of rotatable bonds is 3. The van der Waals surface area contributed by atoms with Crippen LogP contribution >= 0.6 is 11.6 Å². The number of halogens is 1. The summed E-state index contributed by atoms with van der Waals surface area (Å²) in [6, 6.07) is 7.35. The topological polar surface area (TPSA) is 55.4 Å². The standard InChI is InChI=1S/C20H22ClNO3/c1-11(2)25-20(24)17-12(3)22-15-8-5-9-16(23)19(15)18(17)13-6-4-7-14(21)10-13/h4,6-7,10-11,18,22H,5,8-9H2,1-3H3. The van der Waals surface area contributed by atoms with Crippen LogP contribution in [-0.4, -0.2) is 17.9 Å². The van der Waals surface area contributed by atoms with Gasteiger partial charge in [-0.1, -0.05) is 23.7 Å². The van der Waals surface area contributed by atoms with E-state index >= 15 is 0 Å². The van der Waals surface area contributed by atoms with Crippen molar-refractivity contribution in [3.8, 4) is 0 Å². The van der Waals surface area contributed by atoms with E-state index in [1.165, 1.54) is 0 Å². The van der Waals surface area contributed by atoms with Gasteiger partial charge >= 0.3 is 5.97 Å². The van der Waals surface area contributed by atoms with E-state index in [1.54, 1.807) is 6.07 Å². The van der Waals surface area contributed by atoms with E-state index in [4.69, 9.17) is 16.3 Å². The van der Waals surface area contributed by atoms with Gasteiger partial charge in [-0.05, 0) is 51.3 Å². The molecule has 0 spiro atoms. The molecule has 132 valence electrons. The third kappa shape index (κ3) is 3.49. The van der Waals surface area contributed by atoms with E-state index < -0.39 is 11.9 Å². The second kappa shape index (κ2) is 7.04. The molecule has 4 nitrogen and oxygen atoms in total. The van der Waals surface area contributed by atoms with Crippen molar-refractivity contribution in [2.75, 3.05) is 0 Å². The first-order chi connectivity index (χ1) is 11.9. The first-order valence-electron chi connectivity index (χ1n) is 8.59. The van der Waals surface area contributed by atoms with Gasteiger partial charge in [0.25, 0.3) is 0 Å². The lowest BCUT2D eigenvalue weighted by Gasteiger charge is -2.34. The molecule has 2 aliphatic rings. The van der Waals surface area contributed by atoms with Gasteiger partial charge < -0.3 is 10.1 Å². The molecule has 1 unspecified atom stereocenters. The summed E-state index contributed by atoms with van der Waals surface area (Å²) >= 11 is 6.17. The molecule has 1 N–H and O–H groups in total. The Hall–Kier alpha value is -2.07. The fourth-order valence-electron chi connectivity index (χ4n) is 3.55. The van der Waals surface area contributed by atoms with Crippen LogP contribution in [-0.2, 0) is 14.3 Å². The van der Waals surface area contributed by atoms with Crippen LogP contribution in [0, 0.1) is 0 Å². The predicted octanol–water partition coefficient (Wildman–Crippen LogP) is 4.26. The summed E-state index contributed by atoms with van der Waals surface area (Å²) in [4.78, 5) is 25.5. The van der Waals surface area contributed by atoms with E-state index in [-0.39, 0.29) is 11.9 Å². The summed E-state index contributed by atoms with van der Waals surface area (Å²) in [7, 11) is 0. The molecule has 0 bridgehead atoms. The van der Waals surface area contributed by atoms with Gasteiger partial charge in [-0.25, -0.2) is 4.79 Å². The Morgan fingerprint density at radius 1 is 1.32 bits per heavy atom. The summed E-state index contributed by atoms with van der Waals surface area (Å²) in [6.45, 7) is 5.49. The number of Topliss-reactive ketones (excluding diaryl/α,β-unsaturated/α-hetero) is 1. The number of hydrogen-bond donors (Lipinski definition) is 1. The first kappa shape index (κ1) is 17.7. The van der Waals surface area contributed by atoms with Crippen LogP contribution in [0.2, 0.25) is 5.02 Å². The summed E-state index contributed by atoms with van der Waals surface area (Å²) in [5.41, 5.74) is 3.66. The molecular formula is C20H22ClNO3. The molecule has 1 aliphatic heterocycles. The van der Waals surface area contributed by atoms with Gasteiger partial charge in [0.2, 0.25) is 0 Å². The monoisotopic (exact) mass is 359 g/mol. The highest BCUT2D eigenvalue weighted by Crippen LogP contribution is 2.42. The van der Waals surface area contributed by atoms with Gasteiger partial charge in [-0.15, -0.1) is 0 Å². The highest BCUT2D eigenvalue weighted by Gasteiger charge is 2.39. The van der Waals surface area contributed by atoms with Gasteiger partial charge in [-0.2, -0.15) is 0 Å². The van der Waals surface area contributed by atoms with Crippen molar-refractivity contribution in [1.82, 2.24) is 5.32 Å². The number of ether oxygens (including phenoxy) is 1. The van der Waals surface area contributed by atoms with Crippen molar-refractivity contribution in [1.29, 1.82) is 0 Å². The molecular weight excluding hydrogens is 338 g/mol. The average molecular weight is 360 g/mol. The molecule has 0 aromatic heterocycles. The second-order valence-electron chi connectivity index (χ2n) is 6.77. The quantitative estimate of drug-likeness (QED) is 0.819. The van der Waals surface area contributed by atoms with Crippen molar-refractivity contribution < 1.29 is 14.3 Å². The minimum atomic E-state index is -0.436. The van der Waals surface area contributed by atoms with Crippen molar-refractivity contribution in [2.45, 2.75) is 52.1 Å². The number of dihydropyridines is 1. The summed E-state index contributed by atoms with van der Waals surface area (Å²) in [5, 5.41) is 3.85. The van der Waals surface area contributed by atoms with Gasteiger partial charge in [0.15, 0.2) is 5.78 Å². The van der Waals surface area contributed by atoms with Gasteiger partial charge in [-0.3, -0.25) is 4.79 Å². The molecule has 3 rings (SSSR count). The number of allylic oxidation sites excluding steroid dienone is 3. The summed E-state index contributed by atoms with van der Waals surface area (Å²) in [6.07, 6.45) is 1.90. The number of carbonyl (C=O) groups excluding carboxylic acids is 2. The summed E-state index contributed by atoms with van der Waals surface area (Å²) < 4.78 is 5.45. The molecule has 1 heterocycles. The number of carbonyl (C=O) groups is 2. The fraction of sp³-hybridized carbons (Fsp3) is 0.400. The van der Waals surface area contributed by atoms with Crippen molar-refractivity contribution in [3.05, 3.63) is 57.4 Å². The molecule has 0 amide bonds. The highest BCUT2D eigenvalue weighted by molar-refractivity contribution is 6.30. The van der Waals surface area contributed by atoms with Crippen LogP contribution in [0.1, 0.15) is 51.5 Å². The normalized spacial score (nSPS) is 20.5. The van der Waals surface area contributed by atoms with Crippen molar-refractivity contribution >= 4 is 23.4 Å². The zero-order chi connectivity index (χ0) is 18.1.